The molecule has 1 fully saturated rings. The molecule has 0 heterocycles. The van der Waals surface area contributed by atoms with Crippen LogP contribution >= 0.6 is 0 Å². The van der Waals surface area contributed by atoms with Crippen molar-refractivity contribution in [3.8, 4) is 11.5 Å². The van der Waals surface area contributed by atoms with Crippen molar-refractivity contribution in [2.45, 2.75) is 77.0 Å². The van der Waals surface area contributed by atoms with Gasteiger partial charge in [-0.05, 0) is 79.7 Å². The van der Waals surface area contributed by atoms with Crippen molar-refractivity contribution in [2.24, 2.45) is 11.8 Å². The maximum absolute atomic E-state index is 12.4. The van der Waals surface area contributed by atoms with E-state index in [1.807, 2.05) is 0 Å². The molecule has 44 heavy (non-hydrogen) atoms. The molecule has 9 nitrogen and oxygen atoms in total. The van der Waals surface area contributed by atoms with E-state index in [0.717, 1.165) is 24.7 Å². The summed E-state index contributed by atoms with van der Waals surface area (Å²) in [6.07, 6.45) is 20.6. The number of aryl methyl sites for hydroxylation is 1. The summed E-state index contributed by atoms with van der Waals surface area (Å²) < 4.78 is 15.7. The Kier molecular flexibility index (Phi) is 15.6. The molecule has 1 saturated carbocycles. The molecule has 0 aliphatic heterocycles. The summed E-state index contributed by atoms with van der Waals surface area (Å²) in [5.74, 6) is 1.29. The number of ether oxygens (including phenoxy) is 3. The zero-order chi connectivity index (χ0) is 31.4. The monoisotopic (exact) mass is 607 g/mol. The fraction of sp³-hybridized carbons (Fsp3) is 0.486. The van der Waals surface area contributed by atoms with Gasteiger partial charge in [-0.2, -0.15) is 0 Å². The highest BCUT2D eigenvalue weighted by Crippen LogP contribution is 2.37. The topological polar surface area (TPSA) is 114 Å². The number of allylic oxidation sites excluding steroid dienone is 2. The Labute approximate surface area is 260 Å². The summed E-state index contributed by atoms with van der Waals surface area (Å²) in [5.41, 5.74) is 2.06. The molecule has 1 aliphatic rings. The smallest absolute Gasteiger partial charge is 0.330 e. The van der Waals surface area contributed by atoms with Crippen molar-refractivity contribution in [3.05, 3.63) is 88.0 Å². The van der Waals surface area contributed by atoms with Crippen LogP contribution in [0.2, 0.25) is 0 Å². The van der Waals surface area contributed by atoms with Crippen LogP contribution in [-0.2, 0) is 25.6 Å². The van der Waals surface area contributed by atoms with Gasteiger partial charge in [-0.15, -0.1) is 10.1 Å². The van der Waals surface area contributed by atoms with Crippen molar-refractivity contribution < 1.29 is 33.7 Å². The van der Waals surface area contributed by atoms with E-state index in [-0.39, 0.29) is 19.2 Å². The fourth-order valence-corrected chi connectivity index (χ4v) is 5.63. The SMILES string of the molecule is COc1cc(/C=C/C(=O)OCCO[N+](=O)[O-])ccc1OC(=O)CCC/C=C\C[C@H]1CCCC1CCCCCc1ccccc1. The van der Waals surface area contributed by atoms with E-state index in [9.17, 15) is 19.7 Å². The fourth-order valence-electron chi connectivity index (χ4n) is 5.63. The molecule has 0 aromatic heterocycles. The molecule has 0 amide bonds. The predicted octanol–water partition coefficient (Wildman–Crippen LogP) is 7.70. The first-order valence-electron chi connectivity index (χ1n) is 15.6. The number of methoxy groups -OCH3 is 1. The van der Waals surface area contributed by atoms with E-state index in [1.165, 1.54) is 76.2 Å². The molecule has 2 aromatic carbocycles. The second-order valence-corrected chi connectivity index (χ2v) is 11.1. The van der Waals surface area contributed by atoms with Crippen molar-refractivity contribution in [1.82, 2.24) is 0 Å². The van der Waals surface area contributed by atoms with Gasteiger partial charge in [0.25, 0.3) is 5.09 Å². The molecule has 0 saturated heterocycles. The van der Waals surface area contributed by atoms with E-state index in [4.69, 9.17) is 14.2 Å². The maximum Gasteiger partial charge on any atom is 0.330 e. The number of carbonyl (C=O) groups excluding carboxylic acids is 2. The highest BCUT2D eigenvalue weighted by Gasteiger charge is 2.25. The third-order valence-corrected chi connectivity index (χ3v) is 7.90. The summed E-state index contributed by atoms with van der Waals surface area (Å²) in [6.45, 7) is -0.580. The molecular weight excluding hydrogens is 562 g/mol. The lowest BCUT2D eigenvalue weighted by Crippen LogP contribution is -2.11. The molecule has 238 valence electrons. The average Bonchev–Trinajstić information content (AvgIpc) is 3.47. The van der Waals surface area contributed by atoms with Crippen LogP contribution in [0.1, 0.15) is 81.8 Å². The van der Waals surface area contributed by atoms with Crippen LogP contribution in [0, 0.1) is 22.0 Å². The minimum atomic E-state index is -0.954. The second-order valence-electron chi connectivity index (χ2n) is 11.1. The standard InChI is InChI=1S/C35H45NO8/c1-41-33-27-29(22-24-34(37)42-25-26-43-36(39)40)21-23-32(33)44-35(38)20-11-3-2-9-16-30-18-12-19-31(30)17-10-5-8-15-28-13-6-4-7-14-28/h2,4,6-7,9,13-14,21-24,27,30-31H,3,5,8,10-12,15-20,25-26H2,1H3/b9-2-,24-22+/t30-,31?/m0/s1. The van der Waals surface area contributed by atoms with E-state index in [0.29, 0.717) is 29.9 Å². The predicted molar refractivity (Wildman–Crippen MR) is 169 cm³/mol. The summed E-state index contributed by atoms with van der Waals surface area (Å²) in [5, 5.41) is 9.14. The van der Waals surface area contributed by atoms with Gasteiger partial charge in [-0.3, -0.25) is 4.79 Å². The van der Waals surface area contributed by atoms with E-state index in [1.54, 1.807) is 18.2 Å². The van der Waals surface area contributed by atoms with Crippen LogP contribution in [-0.4, -0.2) is 37.3 Å². The van der Waals surface area contributed by atoms with Gasteiger partial charge in [0.05, 0.1) is 7.11 Å². The van der Waals surface area contributed by atoms with Gasteiger partial charge in [-0.25, -0.2) is 4.79 Å². The third kappa shape index (κ3) is 13.4. The first-order chi connectivity index (χ1) is 21.4. The number of esters is 2. The molecule has 3 rings (SSSR count). The van der Waals surface area contributed by atoms with E-state index in [2.05, 4.69) is 47.3 Å². The van der Waals surface area contributed by atoms with Gasteiger partial charge in [-0.1, -0.05) is 80.7 Å². The van der Waals surface area contributed by atoms with Crippen molar-refractivity contribution in [2.75, 3.05) is 20.3 Å². The number of benzene rings is 2. The summed E-state index contributed by atoms with van der Waals surface area (Å²) in [4.78, 5) is 38.3. The van der Waals surface area contributed by atoms with Crippen molar-refractivity contribution >= 4 is 18.0 Å². The molecule has 1 unspecified atom stereocenters. The lowest BCUT2D eigenvalue weighted by atomic mass is 9.88. The largest absolute Gasteiger partial charge is 0.493 e. The van der Waals surface area contributed by atoms with Crippen LogP contribution in [0.15, 0.2) is 66.8 Å². The Hall–Kier alpha value is -4.14. The minimum Gasteiger partial charge on any atom is -0.493 e. The summed E-state index contributed by atoms with van der Waals surface area (Å²) in [6, 6.07) is 15.7. The molecule has 0 spiro atoms. The number of hydrogen-bond acceptors (Lipinski definition) is 8. The van der Waals surface area contributed by atoms with Crippen molar-refractivity contribution in [3.63, 3.8) is 0 Å². The quantitative estimate of drug-likeness (QED) is 0.0286. The minimum absolute atomic E-state index is 0.241. The van der Waals surface area contributed by atoms with Crippen LogP contribution in [0.25, 0.3) is 6.08 Å². The Morgan fingerprint density at radius 2 is 1.77 bits per heavy atom. The third-order valence-electron chi connectivity index (χ3n) is 7.90. The first-order valence-corrected chi connectivity index (χ1v) is 15.6. The van der Waals surface area contributed by atoms with Gasteiger partial charge in [0.15, 0.2) is 11.5 Å². The molecular formula is C35H45NO8. The van der Waals surface area contributed by atoms with E-state index >= 15 is 0 Å². The molecule has 2 aromatic rings. The van der Waals surface area contributed by atoms with E-state index < -0.39 is 11.1 Å². The summed E-state index contributed by atoms with van der Waals surface area (Å²) in [7, 11) is 1.47. The molecule has 9 heteroatoms. The van der Waals surface area contributed by atoms with Gasteiger partial charge in [0, 0.05) is 12.5 Å². The lowest BCUT2D eigenvalue weighted by Gasteiger charge is -2.18. The lowest BCUT2D eigenvalue weighted by molar-refractivity contribution is -0.757. The van der Waals surface area contributed by atoms with Gasteiger partial charge in [0.1, 0.15) is 13.2 Å². The Morgan fingerprint density at radius 3 is 2.57 bits per heavy atom. The normalized spacial score (nSPS) is 16.3. The number of nitrogens with zero attached hydrogens (tertiary/aromatic N) is 1. The molecule has 0 bridgehead atoms. The number of unbranched alkanes of at least 4 members (excludes halogenated alkanes) is 3. The zero-order valence-corrected chi connectivity index (χ0v) is 25.7. The molecule has 0 radical (unpaired) electrons. The Balaban J connectivity index is 1.30. The van der Waals surface area contributed by atoms with Gasteiger partial charge >= 0.3 is 11.9 Å². The van der Waals surface area contributed by atoms with Crippen LogP contribution in [0.4, 0.5) is 0 Å². The number of rotatable bonds is 20. The highest BCUT2D eigenvalue weighted by molar-refractivity contribution is 5.87. The summed E-state index contributed by atoms with van der Waals surface area (Å²) >= 11 is 0. The van der Waals surface area contributed by atoms with Crippen LogP contribution < -0.4 is 9.47 Å². The molecule has 2 atom stereocenters. The Morgan fingerprint density at radius 1 is 0.955 bits per heavy atom. The van der Waals surface area contributed by atoms with Crippen LogP contribution in [0.5, 0.6) is 11.5 Å². The highest BCUT2D eigenvalue weighted by atomic mass is 17.0. The van der Waals surface area contributed by atoms with Crippen LogP contribution in [0.3, 0.4) is 0 Å². The number of carbonyl (C=O) groups is 2. The van der Waals surface area contributed by atoms with Gasteiger partial charge < -0.3 is 19.0 Å². The Bertz CT molecular complexity index is 1230. The van der Waals surface area contributed by atoms with Gasteiger partial charge in [0.2, 0.25) is 0 Å². The maximum atomic E-state index is 12.4. The second kappa shape index (κ2) is 19.9. The first kappa shape index (κ1) is 34.4. The molecule has 1 aliphatic carbocycles. The number of hydrogen-bond donors (Lipinski definition) is 0. The zero-order valence-electron chi connectivity index (χ0n) is 25.7. The van der Waals surface area contributed by atoms with Crippen molar-refractivity contribution in [1.29, 1.82) is 0 Å². The average molecular weight is 608 g/mol. The molecule has 0 N–H and O–H groups in total.